The number of hydrogen-bond acceptors (Lipinski definition) is 4. The number of carbonyl (C=O) groups is 2. The summed E-state index contributed by atoms with van der Waals surface area (Å²) in [6.45, 7) is 3.91. The highest BCUT2D eigenvalue weighted by Crippen LogP contribution is 2.17. The minimum absolute atomic E-state index is 0.0207. The highest BCUT2D eigenvalue weighted by Gasteiger charge is 2.27. The molecule has 1 aliphatic rings. The smallest absolute Gasteiger partial charge is 0.317 e. The Morgan fingerprint density at radius 1 is 1.50 bits per heavy atom. The summed E-state index contributed by atoms with van der Waals surface area (Å²) in [6, 6.07) is -0.0825. The van der Waals surface area contributed by atoms with Gasteiger partial charge in [0.05, 0.1) is 10.9 Å². The van der Waals surface area contributed by atoms with Crippen LogP contribution in [0.2, 0.25) is 0 Å². The molecular weight excluding hydrogens is 300 g/mol. The summed E-state index contributed by atoms with van der Waals surface area (Å²) in [7, 11) is 1.64. The van der Waals surface area contributed by atoms with E-state index in [-0.39, 0.29) is 17.9 Å². The van der Waals surface area contributed by atoms with Gasteiger partial charge in [0, 0.05) is 44.2 Å². The fourth-order valence-electron chi connectivity index (χ4n) is 2.59. The van der Waals surface area contributed by atoms with Crippen LogP contribution >= 0.6 is 11.3 Å². The highest BCUT2D eigenvalue weighted by atomic mass is 32.1. The number of nitrogens with one attached hydrogen (secondary N) is 2. The number of likely N-dealkylation sites (tertiary alicyclic amines) is 1. The van der Waals surface area contributed by atoms with E-state index in [2.05, 4.69) is 22.5 Å². The molecule has 2 rings (SSSR count). The van der Waals surface area contributed by atoms with E-state index < -0.39 is 0 Å². The van der Waals surface area contributed by atoms with Crippen LogP contribution in [-0.4, -0.2) is 48.5 Å². The Bertz CT molecular complexity index is 517. The molecule has 0 bridgehead atoms. The molecule has 0 aliphatic carbocycles. The summed E-state index contributed by atoms with van der Waals surface area (Å²) in [6.07, 6.45) is 5.38. The molecule has 0 spiro atoms. The first-order valence-corrected chi connectivity index (χ1v) is 8.63. The monoisotopic (exact) mass is 324 g/mol. The van der Waals surface area contributed by atoms with Crippen molar-refractivity contribution in [2.75, 3.05) is 26.7 Å². The van der Waals surface area contributed by atoms with E-state index in [0.717, 1.165) is 37.2 Å². The molecule has 0 radical (unpaired) electrons. The van der Waals surface area contributed by atoms with Crippen molar-refractivity contribution >= 4 is 23.3 Å². The number of rotatable bonds is 5. The minimum atomic E-state index is -0.0874. The van der Waals surface area contributed by atoms with Crippen LogP contribution < -0.4 is 10.6 Å². The van der Waals surface area contributed by atoms with E-state index in [9.17, 15) is 9.59 Å². The molecule has 1 aliphatic heterocycles. The number of piperidine rings is 1. The van der Waals surface area contributed by atoms with Crippen LogP contribution in [0.3, 0.4) is 0 Å². The van der Waals surface area contributed by atoms with Crippen molar-refractivity contribution in [3.05, 3.63) is 16.1 Å². The first-order valence-electron chi connectivity index (χ1n) is 7.82. The summed E-state index contributed by atoms with van der Waals surface area (Å²) >= 11 is 1.70. The fraction of sp³-hybridized carbons (Fsp3) is 0.667. The lowest BCUT2D eigenvalue weighted by Crippen LogP contribution is -2.48. The molecule has 1 aromatic heterocycles. The summed E-state index contributed by atoms with van der Waals surface area (Å²) in [5, 5.41) is 6.64. The van der Waals surface area contributed by atoms with Crippen molar-refractivity contribution in [1.82, 2.24) is 20.5 Å². The largest absolute Gasteiger partial charge is 0.359 e. The van der Waals surface area contributed by atoms with E-state index in [1.165, 1.54) is 4.88 Å². The molecule has 2 N–H and O–H groups in total. The van der Waals surface area contributed by atoms with Gasteiger partial charge in [0.1, 0.15) is 0 Å². The van der Waals surface area contributed by atoms with Crippen LogP contribution in [0.25, 0.3) is 0 Å². The Kier molecular flexibility index (Phi) is 6.18. The molecule has 122 valence electrons. The normalized spacial score (nSPS) is 18.1. The third kappa shape index (κ3) is 4.43. The average molecular weight is 324 g/mol. The fourth-order valence-corrected chi connectivity index (χ4v) is 3.46. The second kappa shape index (κ2) is 8.12. The molecule has 0 unspecified atom stereocenters. The van der Waals surface area contributed by atoms with Crippen molar-refractivity contribution in [1.29, 1.82) is 0 Å². The van der Waals surface area contributed by atoms with Gasteiger partial charge in [-0.2, -0.15) is 0 Å². The van der Waals surface area contributed by atoms with Crippen molar-refractivity contribution in [3.63, 3.8) is 0 Å². The predicted molar refractivity (Wildman–Crippen MR) is 87.0 cm³/mol. The standard InChI is InChI=1S/C15H24N4O2S/c1-3-12-9-18-13(22-12)6-7-17-15(21)19-8-4-5-11(10-19)14(20)16-2/h9,11H,3-8,10H2,1-2H3,(H,16,20)(H,17,21)/t11-/m1/s1. The van der Waals surface area contributed by atoms with Crippen LogP contribution in [0.5, 0.6) is 0 Å². The van der Waals surface area contributed by atoms with Crippen LogP contribution in [0.4, 0.5) is 4.79 Å². The number of carbonyl (C=O) groups excluding carboxylic acids is 2. The van der Waals surface area contributed by atoms with E-state index in [1.54, 1.807) is 23.3 Å². The number of nitrogens with zero attached hydrogens (tertiary/aromatic N) is 2. The Labute approximate surface area is 135 Å². The van der Waals surface area contributed by atoms with Gasteiger partial charge in [-0.05, 0) is 19.3 Å². The molecule has 1 saturated heterocycles. The van der Waals surface area contributed by atoms with E-state index in [1.807, 2.05) is 6.20 Å². The Balaban J connectivity index is 1.75. The van der Waals surface area contributed by atoms with Gasteiger partial charge in [0.15, 0.2) is 0 Å². The quantitative estimate of drug-likeness (QED) is 0.860. The van der Waals surface area contributed by atoms with Crippen LogP contribution in [0.1, 0.15) is 29.7 Å². The van der Waals surface area contributed by atoms with Crippen molar-refractivity contribution in [3.8, 4) is 0 Å². The predicted octanol–water partition coefficient (Wildman–Crippen LogP) is 1.42. The van der Waals surface area contributed by atoms with Gasteiger partial charge in [-0.1, -0.05) is 6.92 Å². The van der Waals surface area contributed by atoms with Crippen LogP contribution in [-0.2, 0) is 17.6 Å². The third-order valence-electron chi connectivity index (χ3n) is 3.89. The molecule has 1 aromatic rings. The summed E-state index contributed by atoms with van der Waals surface area (Å²) < 4.78 is 0. The average Bonchev–Trinajstić information content (AvgIpc) is 3.02. The molecule has 22 heavy (non-hydrogen) atoms. The molecule has 2 heterocycles. The van der Waals surface area contributed by atoms with E-state index in [4.69, 9.17) is 0 Å². The Morgan fingerprint density at radius 2 is 2.32 bits per heavy atom. The maximum absolute atomic E-state index is 12.2. The first kappa shape index (κ1) is 16.7. The number of thiazole rings is 1. The lowest BCUT2D eigenvalue weighted by molar-refractivity contribution is -0.125. The van der Waals surface area contributed by atoms with Gasteiger partial charge >= 0.3 is 6.03 Å². The van der Waals surface area contributed by atoms with E-state index in [0.29, 0.717) is 13.1 Å². The Hall–Kier alpha value is -1.63. The molecular formula is C15H24N4O2S. The number of hydrogen-bond donors (Lipinski definition) is 2. The van der Waals surface area contributed by atoms with Crippen molar-refractivity contribution < 1.29 is 9.59 Å². The zero-order chi connectivity index (χ0) is 15.9. The molecule has 0 saturated carbocycles. The third-order valence-corrected chi connectivity index (χ3v) is 5.09. The summed E-state index contributed by atoms with van der Waals surface area (Å²) in [5.74, 6) is -0.0667. The zero-order valence-corrected chi connectivity index (χ0v) is 14.0. The maximum Gasteiger partial charge on any atom is 0.317 e. The molecule has 0 aromatic carbocycles. The van der Waals surface area contributed by atoms with E-state index >= 15 is 0 Å². The number of aryl methyl sites for hydroxylation is 1. The number of aromatic nitrogens is 1. The van der Waals surface area contributed by atoms with Crippen LogP contribution in [0.15, 0.2) is 6.20 Å². The van der Waals surface area contributed by atoms with Crippen molar-refractivity contribution in [2.24, 2.45) is 5.92 Å². The minimum Gasteiger partial charge on any atom is -0.359 e. The molecule has 6 nitrogen and oxygen atoms in total. The number of amides is 3. The van der Waals surface area contributed by atoms with Crippen LogP contribution in [0, 0.1) is 5.92 Å². The number of urea groups is 1. The van der Waals surface area contributed by atoms with Gasteiger partial charge in [-0.15, -0.1) is 11.3 Å². The van der Waals surface area contributed by atoms with Crippen molar-refractivity contribution in [2.45, 2.75) is 32.6 Å². The van der Waals surface area contributed by atoms with Gasteiger partial charge < -0.3 is 15.5 Å². The SMILES string of the molecule is CCc1cnc(CCNC(=O)N2CCC[C@@H](C(=O)NC)C2)s1. The first-order chi connectivity index (χ1) is 10.6. The molecule has 7 heteroatoms. The highest BCUT2D eigenvalue weighted by molar-refractivity contribution is 7.11. The maximum atomic E-state index is 12.2. The second-order valence-corrected chi connectivity index (χ2v) is 6.65. The summed E-state index contributed by atoms with van der Waals surface area (Å²) in [5.41, 5.74) is 0. The topological polar surface area (TPSA) is 74.3 Å². The van der Waals surface area contributed by atoms with Gasteiger partial charge in [-0.25, -0.2) is 9.78 Å². The lowest BCUT2D eigenvalue weighted by atomic mass is 9.97. The summed E-state index contributed by atoms with van der Waals surface area (Å²) in [4.78, 5) is 31.2. The molecule has 3 amide bonds. The van der Waals surface area contributed by atoms with Gasteiger partial charge in [-0.3, -0.25) is 4.79 Å². The lowest BCUT2D eigenvalue weighted by Gasteiger charge is -2.31. The van der Waals surface area contributed by atoms with Gasteiger partial charge in [0.2, 0.25) is 5.91 Å². The molecule has 1 atom stereocenters. The second-order valence-electron chi connectivity index (χ2n) is 5.46. The van der Waals surface area contributed by atoms with Gasteiger partial charge in [0.25, 0.3) is 0 Å². The molecule has 1 fully saturated rings. The zero-order valence-electron chi connectivity index (χ0n) is 13.2. The Morgan fingerprint density at radius 3 is 3.00 bits per heavy atom.